The van der Waals surface area contributed by atoms with Crippen LogP contribution in [0.4, 0.5) is 0 Å². The fourth-order valence-electron chi connectivity index (χ4n) is 1.49. The highest BCUT2D eigenvalue weighted by Crippen LogP contribution is 2.28. The Labute approximate surface area is 80.8 Å². The Morgan fingerprint density at radius 3 is 2.92 bits per heavy atom. The molecule has 0 radical (unpaired) electrons. The van der Waals surface area contributed by atoms with Crippen molar-refractivity contribution in [3.05, 3.63) is 16.1 Å². The lowest BCUT2D eigenvalue weighted by atomic mass is 10.0. The molecule has 0 bridgehead atoms. The molecular formula is C9H11NO2S. The molecule has 0 amide bonds. The maximum absolute atomic E-state index is 10.4. The average Bonchev–Trinajstić information content (AvgIpc) is 2.67. The van der Waals surface area contributed by atoms with Crippen LogP contribution in [-0.4, -0.2) is 24.5 Å². The zero-order chi connectivity index (χ0) is 9.10. The Hall–Kier alpha value is -0.740. The Balaban J connectivity index is 2.09. The molecule has 1 aromatic heterocycles. The van der Waals surface area contributed by atoms with Crippen LogP contribution in [0.2, 0.25) is 0 Å². The fourth-order valence-corrected chi connectivity index (χ4v) is 2.42. The lowest BCUT2D eigenvalue weighted by molar-refractivity contribution is 0.0852. The van der Waals surface area contributed by atoms with Gasteiger partial charge in [-0.15, -0.1) is 11.3 Å². The monoisotopic (exact) mass is 197 g/mol. The highest BCUT2D eigenvalue weighted by molar-refractivity contribution is 7.09. The number of aldehydes is 1. The van der Waals surface area contributed by atoms with Gasteiger partial charge >= 0.3 is 0 Å². The maximum atomic E-state index is 10.4. The molecule has 13 heavy (non-hydrogen) atoms. The summed E-state index contributed by atoms with van der Waals surface area (Å²) in [6.07, 6.45) is 2.87. The summed E-state index contributed by atoms with van der Waals surface area (Å²) < 4.78 is 5.26. The number of aromatic nitrogens is 1. The molecule has 1 aromatic rings. The third-order valence-corrected chi connectivity index (χ3v) is 3.26. The van der Waals surface area contributed by atoms with Gasteiger partial charge < -0.3 is 4.74 Å². The average molecular weight is 197 g/mol. The molecule has 2 rings (SSSR count). The Morgan fingerprint density at radius 2 is 2.31 bits per heavy atom. The number of carbonyl (C=O) groups excluding carboxylic acids is 1. The molecule has 1 aliphatic rings. The van der Waals surface area contributed by atoms with Crippen LogP contribution in [0.5, 0.6) is 0 Å². The zero-order valence-electron chi connectivity index (χ0n) is 7.23. The molecule has 1 saturated heterocycles. The van der Waals surface area contributed by atoms with Gasteiger partial charge in [-0.1, -0.05) is 0 Å². The van der Waals surface area contributed by atoms with Crippen molar-refractivity contribution in [1.29, 1.82) is 0 Å². The van der Waals surface area contributed by atoms with E-state index in [9.17, 15) is 4.79 Å². The minimum absolute atomic E-state index is 0.507. The van der Waals surface area contributed by atoms with Crippen LogP contribution in [0.1, 0.15) is 34.3 Å². The summed E-state index contributed by atoms with van der Waals surface area (Å²) in [4.78, 5) is 14.7. The summed E-state index contributed by atoms with van der Waals surface area (Å²) in [5.74, 6) is 0.507. The summed E-state index contributed by atoms with van der Waals surface area (Å²) in [7, 11) is 0. The number of nitrogens with zero attached hydrogens (tertiary/aromatic N) is 1. The topological polar surface area (TPSA) is 39.2 Å². The summed E-state index contributed by atoms with van der Waals surface area (Å²) in [6.45, 7) is 1.64. The Bertz CT molecular complexity index is 292. The highest BCUT2D eigenvalue weighted by atomic mass is 32.1. The number of carbonyl (C=O) groups is 1. The number of thiazole rings is 1. The van der Waals surface area contributed by atoms with Crippen LogP contribution in [0.15, 0.2) is 5.38 Å². The molecule has 0 unspecified atom stereocenters. The molecule has 1 fully saturated rings. The number of hydrogen-bond donors (Lipinski definition) is 0. The van der Waals surface area contributed by atoms with Crippen molar-refractivity contribution >= 4 is 17.6 Å². The van der Waals surface area contributed by atoms with Crippen LogP contribution >= 0.6 is 11.3 Å². The largest absolute Gasteiger partial charge is 0.381 e. The van der Waals surface area contributed by atoms with Crippen molar-refractivity contribution in [3.8, 4) is 0 Å². The van der Waals surface area contributed by atoms with Crippen molar-refractivity contribution in [2.45, 2.75) is 18.8 Å². The molecule has 0 spiro atoms. The summed E-state index contributed by atoms with van der Waals surface area (Å²) in [5, 5.41) is 2.91. The molecule has 0 atom stereocenters. The standard InChI is InChI=1S/C9H11NO2S/c11-5-8-6-13-9(10-8)7-1-3-12-4-2-7/h5-7H,1-4H2. The van der Waals surface area contributed by atoms with Crippen LogP contribution in [-0.2, 0) is 4.74 Å². The lowest BCUT2D eigenvalue weighted by Crippen LogP contribution is -2.13. The van der Waals surface area contributed by atoms with Crippen LogP contribution in [0.25, 0.3) is 0 Å². The second kappa shape index (κ2) is 3.98. The van der Waals surface area contributed by atoms with Crippen molar-refractivity contribution in [1.82, 2.24) is 4.98 Å². The Morgan fingerprint density at radius 1 is 1.54 bits per heavy atom. The molecule has 4 heteroatoms. The van der Waals surface area contributed by atoms with Gasteiger partial charge in [0.05, 0.1) is 5.01 Å². The van der Waals surface area contributed by atoms with Gasteiger partial charge in [0, 0.05) is 24.5 Å². The van der Waals surface area contributed by atoms with Crippen molar-refractivity contribution < 1.29 is 9.53 Å². The van der Waals surface area contributed by atoms with E-state index in [1.807, 2.05) is 5.38 Å². The lowest BCUT2D eigenvalue weighted by Gasteiger charge is -2.19. The molecule has 1 aliphatic heterocycles. The SMILES string of the molecule is O=Cc1csc(C2CCOCC2)n1. The van der Waals surface area contributed by atoms with Crippen molar-refractivity contribution in [3.63, 3.8) is 0 Å². The molecule has 2 heterocycles. The first-order chi connectivity index (χ1) is 6.40. The van der Waals surface area contributed by atoms with Gasteiger partial charge in [0.25, 0.3) is 0 Å². The molecule has 70 valence electrons. The van der Waals surface area contributed by atoms with Gasteiger partial charge in [-0.25, -0.2) is 4.98 Å². The van der Waals surface area contributed by atoms with Gasteiger partial charge in [-0.3, -0.25) is 4.79 Å². The van der Waals surface area contributed by atoms with Crippen molar-refractivity contribution in [2.75, 3.05) is 13.2 Å². The number of rotatable bonds is 2. The van der Waals surface area contributed by atoms with Gasteiger partial charge in [-0.05, 0) is 12.8 Å². The van der Waals surface area contributed by atoms with E-state index in [2.05, 4.69) is 4.98 Å². The molecule has 0 N–H and O–H groups in total. The van der Waals surface area contributed by atoms with E-state index < -0.39 is 0 Å². The maximum Gasteiger partial charge on any atom is 0.169 e. The minimum Gasteiger partial charge on any atom is -0.381 e. The van der Waals surface area contributed by atoms with Gasteiger partial charge in [0.1, 0.15) is 5.69 Å². The molecule has 0 aromatic carbocycles. The van der Waals surface area contributed by atoms with Crippen molar-refractivity contribution in [2.24, 2.45) is 0 Å². The second-order valence-electron chi connectivity index (χ2n) is 3.12. The Kier molecular flexibility index (Phi) is 2.71. The van der Waals surface area contributed by atoms with Gasteiger partial charge in [0.15, 0.2) is 6.29 Å². The minimum atomic E-state index is 0.507. The highest BCUT2D eigenvalue weighted by Gasteiger charge is 2.18. The van der Waals surface area contributed by atoms with E-state index in [4.69, 9.17) is 4.74 Å². The predicted octanol–water partition coefficient (Wildman–Crippen LogP) is 1.85. The van der Waals surface area contributed by atoms with E-state index >= 15 is 0 Å². The van der Waals surface area contributed by atoms with Crippen LogP contribution in [0, 0.1) is 0 Å². The molecule has 0 aliphatic carbocycles. The second-order valence-corrected chi connectivity index (χ2v) is 4.00. The van der Waals surface area contributed by atoms with Crippen LogP contribution in [0.3, 0.4) is 0 Å². The van der Waals surface area contributed by atoms with E-state index in [0.29, 0.717) is 11.6 Å². The van der Waals surface area contributed by atoms with E-state index in [-0.39, 0.29) is 0 Å². The molecule has 0 saturated carbocycles. The third kappa shape index (κ3) is 1.95. The molecular weight excluding hydrogens is 186 g/mol. The van der Waals surface area contributed by atoms with Gasteiger partial charge in [0.2, 0.25) is 0 Å². The number of ether oxygens (including phenoxy) is 1. The first-order valence-electron chi connectivity index (χ1n) is 4.38. The summed E-state index contributed by atoms with van der Waals surface area (Å²) in [6, 6.07) is 0. The van der Waals surface area contributed by atoms with E-state index in [1.54, 1.807) is 11.3 Å². The normalized spacial score (nSPS) is 18.8. The molecule has 3 nitrogen and oxygen atoms in total. The predicted molar refractivity (Wildman–Crippen MR) is 50.3 cm³/mol. The van der Waals surface area contributed by atoms with Crippen LogP contribution < -0.4 is 0 Å². The van der Waals surface area contributed by atoms with Gasteiger partial charge in [-0.2, -0.15) is 0 Å². The summed E-state index contributed by atoms with van der Waals surface area (Å²) >= 11 is 1.58. The van der Waals surface area contributed by atoms with E-state index in [0.717, 1.165) is 37.3 Å². The van der Waals surface area contributed by atoms with E-state index in [1.165, 1.54) is 0 Å². The summed E-state index contributed by atoms with van der Waals surface area (Å²) in [5.41, 5.74) is 0.562. The third-order valence-electron chi connectivity index (χ3n) is 2.23. The number of hydrogen-bond acceptors (Lipinski definition) is 4. The quantitative estimate of drug-likeness (QED) is 0.679. The zero-order valence-corrected chi connectivity index (χ0v) is 8.05. The first kappa shape index (κ1) is 8.84. The fraction of sp³-hybridized carbons (Fsp3) is 0.556. The smallest absolute Gasteiger partial charge is 0.169 e. The first-order valence-corrected chi connectivity index (χ1v) is 5.26.